The lowest BCUT2D eigenvalue weighted by molar-refractivity contribution is -0.0494. The van der Waals surface area contributed by atoms with Crippen LogP contribution in [0.5, 0.6) is 5.75 Å². The second-order valence-corrected chi connectivity index (χ2v) is 3.28. The maximum Gasteiger partial charge on any atom is 0.387 e. The molecule has 0 atom stereocenters. The minimum absolute atomic E-state index is 0.0659. The van der Waals surface area contributed by atoms with E-state index in [0.29, 0.717) is 0 Å². The molecule has 1 radical (unpaired) electrons. The molecular weight excluding hydrogens is 229 g/mol. The van der Waals surface area contributed by atoms with Crippen molar-refractivity contribution in [1.82, 2.24) is 0 Å². The molecule has 0 unspecified atom stereocenters. The number of alkyl halides is 2. The highest BCUT2D eigenvalue weighted by atomic mass is 19.3. The Balaban J connectivity index is 2.48. The van der Waals surface area contributed by atoms with Gasteiger partial charge in [0.15, 0.2) is 0 Å². The Morgan fingerprint density at radius 1 is 1.06 bits per heavy atom. The number of rotatable bonds is 3. The minimum atomic E-state index is -2.94. The molecule has 0 heterocycles. The van der Waals surface area contributed by atoms with Crippen molar-refractivity contribution in [2.75, 3.05) is 0 Å². The Morgan fingerprint density at radius 2 is 1.82 bits per heavy atom. The van der Waals surface area contributed by atoms with E-state index in [-0.39, 0.29) is 16.9 Å². The SMILES string of the molecule is Fc1ccccc1-c1c[c]ccc1OC(F)F. The van der Waals surface area contributed by atoms with E-state index in [1.807, 2.05) is 0 Å². The van der Waals surface area contributed by atoms with Crippen molar-refractivity contribution in [3.63, 3.8) is 0 Å². The van der Waals surface area contributed by atoms with Gasteiger partial charge in [-0.1, -0.05) is 24.3 Å². The van der Waals surface area contributed by atoms with Crippen molar-refractivity contribution in [3.8, 4) is 16.9 Å². The van der Waals surface area contributed by atoms with Crippen LogP contribution in [0.2, 0.25) is 0 Å². The minimum Gasteiger partial charge on any atom is -0.434 e. The van der Waals surface area contributed by atoms with E-state index in [1.165, 1.54) is 36.4 Å². The fourth-order valence-electron chi connectivity index (χ4n) is 1.51. The summed E-state index contributed by atoms with van der Waals surface area (Å²) in [5.74, 6) is -0.560. The van der Waals surface area contributed by atoms with E-state index in [0.717, 1.165) is 0 Å². The number of halogens is 3. The molecule has 1 nitrogen and oxygen atoms in total. The Kier molecular flexibility index (Phi) is 3.32. The van der Waals surface area contributed by atoms with Crippen molar-refractivity contribution >= 4 is 0 Å². The van der Waals surface area contributed by atoms with E-state index >= 15 is 0 Å². The Labute approximate surface area is 96.5 Å². The van der Waals surface area contributed by atoms with Crippen molar-refractivity contribution < 1.29 is 17.9 Å². The van der Waals surface area contributed by atoms with Crippen LogP contribution in [-0.2, 0) is 0 Å². The van der Waals surface area contributed by atoms with Gasteiger partial charge in [0.05, 0.1) is 0 Å². The van der Waals surface area contributed by atoms with Gasteiger partial charge in [-0.3, -0.25) is 0 Å². The molecule has 0 saturated carbocycles. The maximum atomic E-state index is 13.5. The standard InChI is InChI=1S/C13H8F3O/c14-11-7-3-1-5-9(11)10-6-2-4-8-12(10)17-13(15)16/h1,3-8,13H. The Bertz CT molecular complexity index is 512. The van der Waals surface area contributed by atoms with Crippen LogP contribution in [0.25, 0.3) is 11.1 Å². The first-order valence-corrected chi connectivity index (χ1v) is 4.88. The highest BCUT2D eigenvalue weighted by Crippen LogP contribution is 2.32. The smallest absolute Gasteiger partial charge is 0.387 e. The molecule has 87 valence electrons. The summed E-state index contributed by atoms with van der Waals surface area (Å²) in [6.07, 6.45) is 0. The summed E-state index contributed by atoms with van der Waals surface area (Å²) >= 11 is 0. The molecule has 0 amide bonds. The normalized spacial score (nSPS) is 10.6. The first kappa shape index (κ1) is 11.5. The van der Waals surface area contributed by atoms with Gasteiger partial charge in [-0.05, 0) is 24.3 Å². The molecule has 0 aliphatic carbocycles. The van der Waals surface area contributed by atoms with Crippen LogP contribution < -0.4 is 4.74 Å². The van der Waals surface area contributed by atoms with Crippen LogP contribution in [0.15, 0.2) is 42.5 Å². The number of hydrogen-bond donors (Lipinski definition) is 0. The third kappa shape index (κ3) is 2.58. The molecule has 0 aliphatic heterocycles. The average molecular weight is 237 g/mol. The van der Waals surface area contributed by atoms with Gasteiger partial charge in [0.25, 0.3) is 0 Å². The number of hydrogen-bond acceptors (Lipinski definition) is 1. The van der Waals surface area contributed by atoms with Gasteiger partial charge < -0.3 is 4.74 Å². The Morgan fingerprint density at radius 3 is 2.53 bits per heavy atom. The maximum absolute atomic E-state index is 13.5. The molecule has 0 fully saturated rings. The molecule has 0 aliphatic rings. The van der Waals surface area contributed by atoms with E-state index < -0.39 is 12.4 Å². The van der Waals surface area contributed by atoms with Crippen LogP contribution in [0, 0.1) is 11.9 Å². The summed E-state index contributed by atoms with van der Waals surface area (Å²) in [6.45, 7) is -2.94. The zero-order chi connectivity index (χ0) is 12.3. The highest BCUT2D eigenvalue weighted by molar-refractivity contribution is 5.70. The molecule has 0 aromatic heterocycles. The molecule has 17 heavy (non-hydrogen) atoms. The van der Waals surface area contributed by atoms with Gasteiger partial charge >= 0.3 is 6.61 Å². The summed E-state index contributed by atoms with van der Waals surface area (Å²) in [6, 6.07) is 12.8. The molecule has 2 aromatic rings. The number of benzene rings is 2. The van der Waals surface area contributed by atoms with Crippen LogP contribution >= 0.6 is 0 Å². The lowest BCUT2D eigenvalue weighted by atomic mass is 10.0. The topological polar surface area (TPSA) is 9.23 Å². The summed E-state index contributed by atoms with van der Waals surface area (Å²) in [5, 5.41) is 0. The highest BCUT2D eigenvalue weighted by Gasteiger charge is 2.12. The van der Waals surface area contributed by atoms with Gasteiger partial charge in [-0.2, -0.15) is 8.78 Å². The summed E-state index contributed by atoms with van der Waals surface area (Å²) < 4.78 is 42.3. The van der Waals surface area contributed by atoms with Crippen LogP contribution in [0.1, 0.15) is 0 Å². The lowest BCUT2D eigenvalue weighted by Gasteiger charge is -2.10. The van der Waals surface area contributed by atoms with Crippen LogP contribution in [-0.4, -0.2) is 6.61 Å². The van der Waals surface area contributed by atoms with Crippen molar-refractivity contribution in [2.45, 2.75) is 6.61 Å². The zero-order valence-electron chi connectivity index (χ0n) is 8.66. The van der Waals surface area contributed by atoms with Gasteiger partial charge in [-0.25, -0.2) is 4.39 Å². The molecule has 0 N–H and O–H groups in total. The third-order valence-electron chi connectivity index (χ3n) is 2.20. The predicted octanol–water partition coefficient (Wildman–Crippen LogP) is 3.89. The van der Waals surface area contributed by atoms with Gasteiger partial charge in [-0.15, -0.1) is 0 Å². The fourth-order valence-corrected chi connectivity index (χ4v) is 1.51. The largest absolute Gasteiger partial charge is 0.434 e. The summed E-state index contributed by atoms with van der Waals surface area (Å²) in [5.41, 5.74) is 0.464. The summed E-state index contributed by atoms with van der Waals surface area (Å²) in [4.78, 5) is 0. The summed E-state index contributed by atoms with van der Waals surface area (Å²) in [7, 11) is 0. The molecule has 0 saturated heterocycles. The van der Waals surface area contributed by atoms with Crippen molar-refractivity contribution in [1.29, 1.82) is 0 Å². The molecule has 0 bridgehead atoms. The Hall–Kier alpha value is -1.97. The zero-order valence-corrected chi connectivity index (χ0v) is 8.66. The average Bonchev–Trinajstić information content (AvgIpc) is 2.30. The molecule has 2 rings (SSSR count). The molecular formula is C13H8F3O. The first-order valence-electron chi connectivity index (χ1n) is 4.88. The second-order valence-electron chi connectivity index (χ2n) is 3.28. The van der Waals surface area contributed by atoms with Gasteiger partial charge in [0.1, 0.15) is 11.6 Å². The fraction of sp³-hybridized carbons (Fsp3) is 0.0769. The monoisotopic (exact) mass is 237 g/mol. The van der Waals surface area contributed by atoms with Gasteiger partial charge in [0.2, 0.25) is 0 Å². The van der Waals surface area contributed by atoms with E-state index in [1.54, 1.807) is 6.07 Å². The van der Waals surface area contributed by atoms with Crippen molar-refractivity contribution in [3.05, 3.63) is 54.3 Å². The first-order chi connectivity index (χ1) is 8.18. The molecule has 2 aromatic carbocycles. The van der Waals surface area contributed by atoms with E-state index in [4.69, 9.17) is 0 Å². The molecule has 4 heteroatoms. The predicted molar refractivity (Wildman–Crippen MR) is 57.3 cm³/mol. The third-order valence-corrected chi connectivity index (χ3v) is 2.20. The second kappa shape index (κ2) is 4.91. The van der Waals surface area contributed by atoms with E-state index in [2.05, 4.69) is 10.8 Å². The van der Waals surface area contributed by atoms with Gasteiger partial charge in [0, 0.05) is 11.1 Å². The quantitative estimate of drug-likeness (QED) is 0.786. The van der Waals surface area contributed by atoms with Crippen molar-refractivity contribution in [2.24, 2.45) is 0 Å². The number of ether oxygens (including phenoxy) is 1. The van der Waals surface area contributed by atoms with Crippen LogP contribution in [0.3, 0.4) is 0 Å². The lowest BCUT2D eigenvalue weighted by Crippen LogP contribution is -2.03. The van der Waals surface area contributed by atoms with E-state index in [9.17, 15) is 13.2 Å². The van der Waals surface area contributed by atoms with Crippen LogP contribution in [0.4, 0.5) is 13.2 Å². The molecule has 0 spiro atoms.